The van der Waals surface area contributed by atoms with E-state index in [1.54, 1.807) is 31.4 Å². The summed E-state index contributed by atoms with van der Waals surface area (Å²) in [5.74, 6) is -1.28. The maximum absolute atomic E-state index is 12.4. The molecule has 0 aliphatic carbocycles. The molecule has 0 aromatic heterocycles. The molecule has 1 atom stereocenters. The zero-order valence-electron chi connectivity index (χ0n) is 17.2. The Kier molecular flexibility index (Phi) is 11.6. The van der Waals surface area contributed by atoms with E-state index in [1.165, 1.54) is 0 Å². The molecule has 0 heterocycles. The minimum atomic E-state index is -0.752. The summed E-state index contributed by atoms with van der Waals surface area (Å²) in [7, 11) is 1.56. The molecule has 0 saturated heterocycles. The maximum Gasteiger partial charge on any atom is 0.243 e. The molecule has 0 radical (unpaired) electrons. The summed E-state index contributed by atoms with van der Waals surface area (Å²) >= 11 is 0. The van der Waals surface area contributed by atoms with Crippen LogP contribution in [0.3, 0.4) is 0 Å². The van der Waals surface area contributed by atoms with Gasteiger partial charge in [0.25, 0.3) is 0 Å². The SMILES string of the molecule is COCCOCCC(=O)NC(C(=O)NCC(=O)Nc1ccc(CO)cc1)C(C)C. The van der Waals surface area contributed by atoms with Crippen LogP contribution in [0.4, 0.5) is 5.69 Å². The first-order valence-electron chi connectivity index (χ1n) is 9.50. The van der Waals surface area contributed by atoms with Crippen LogP contribution in [0, 0.1) is 5.92 Å². The standard InChI is InChI=1S/C20H31N3O6/c1-14(2)19(23-17(25)8-9-29-11-10-28-3)20(27)21-12-18(26)22-16-6-4-15(13-24)5-7-16/h4-7,14,19,24H,8-13H2,1-3H3,(H,21,27)(H,22,26)(H,23,25). The quantitative estimate of drug-likeness (QED) is 0.350. The third-order valence-electron chi connectivity index (χ3n) is 4.01. The molecule has 9 nitrogen and oxygen atoms in total. The fraction of sp³-hybridized carbons (Fsp3) is 0.550. The number of carbonyl (C=O) groups excluding carboxylic acids is 3. The normalized spacial score (nSPS) is 11.8. The summed E-state index contributed by atoms with van der Waals surface area (Å²) in [4.78, 5) is 36.4. The first kappa shape index (κ1) is 24.5. The molecular weight excluding hydrogens is 378 g/mol. The minimum absolute atomic E-state index is 0.0775. The smallest absolute Gasteiger partial charge is 0.243 e. The van der Waals surface area contributed by atoms with Gasteiger partial charge in [-0.2, -0.15) is 0 Å². The molecule has 4 N–H and O–H groups in total. The number of amides is 3. The molecule has 1 unspecified atom stereocenters. The van der Waals surface area contributed by atoms with Gasteiger partial charge < -0.3 is 30.5 Å². The van der Waals surface area contributed by atoms with E-state index < -0.39 is 17.9 Å². The molecule has 0 fully saturated rings. The van der Waals surface area contributed by atoms with Crippen LogP contribution in [0.2, 0.25) is 0 Å². The van der Waals surface area contributed by atoms with Crippen LogP contribution in [0.1, 0.15) is 25.8 Å². The van der Waals surface area contributed by atoms with Crippen molar-refractivity contribution in [2.75, 3.05) is 38.8 Å². The van der Waals surface area contributed by atoms with Gasteiger partial charge in [0.05, 0.1) is 33.0 Å². The van der Waals surface area contributed by atoms with Gasteiger partial charge in [-0.1, -0.05) is 26.0 Å². The zero-order valence-corrected chi connectivity index (χ0v) is 17.2. The number of anilines is 1. The van der Waals surface area contributed by atoms with E-state index in [0.717, 1.165) is 5.56 Å². The third-order valence-corrected chi connectivity index (χ3v) is 4.01. The summed E-state index contributed by atoms with van der Waals surface area (Å²) in [6.07, 6.45) is 0.129. The Hall–Kier alpha value is -2.49. The van der Waals surface area contributed by atoms with Crippen molar-refractivity contribution < 1.29 is 29.0 Å². The number of aliphatic hydroxyl groups excluding tert-OH is 1. The first-order chi connectivity index (χ1) is 13.9. The number of methoxy groups -OCH3 is 1. The van der Waals surface area contributed by atoms with Crippen LogP contribution in [-0.4, -0.2) is 62.3 Å². The fourth-order valence-electron chi connectivity index (χ4n) is 2.37. The average molecular weight is 409 g/mol. The highest BCUT2D eigenvalue weighted by Gasteiger charge is 2.24. The molecule has 162 valence electrons. The van der Waals surface area contributed by atoms with Crippen molar-refractivity contribution in [3.8, 4) is 0 Å². The van der Waals surface area contributed by atoms with E-state index in [9.17, 15) is 14.4 Å². The number of nitrogens with one attached hydrogen (secondary N) is 3. The molecule has 1 aromatic carbocycles. The van der Waals surface area contributed by atoms with E-state index in [1.807, 2.05) is 13.8 Å². The third kappa shape index (κ3) is 10.0. The van der Waals surface area contributed by atoms with Crippen LogP contribution < -0.4 is 16.0 Å². The van der Waals surface area contributed by atoms with Crippen LogP contribution in [0.15, 0.2) is 24.3 Å². The second-order valence-corrected chi connectivity index (χ2v) is 6.77. The van der Waals surface area contributed by atoms with Gasteiger partial charge in [0, 0.05) is 19.2 Å². The van der Waals surface area contributed by atoms with Crippen LogP contribution in [-0.2, 0) is 30.5 Å². The van der Waals surface area contributed by atoms with E-state index in [-0.39, 0.29) is 38.0 Å². The van der Waals surface area contributed by atoms with E-state index in [2.05, 4.69) is 16.0 Å². The predicted octanol–water partition coefficient (Wildman–Crippen LogP) is 0.428. The number of ether oxygens (including phenoxy) is 2. The van der Waals surface area contributed by atoms with E-state index in [4.69, 9.17) is 14.6 Å². The van der Waals surface area contributed by atoms with Gasteiger partial charge in [0.2, 0.25) is 17.7 Å². The molecule has 1 aromatic rings. The second-order valence-electron chi connectivity index (χ2n) is 6.77. The molecular formula is C20H31N3O6. The van der Waals surface area contributed by atoms with Gasteiger partial charge in [0.1, 0.15) is 6.04 Å². The Morgan fingerprint density at radius 3 is 2.31 bits per heavy atom. The number of rotatable bonds is 13. The monoisotopic (exact) mass is 409 g/mol. The Bertz CT molecular complexity index is 648. The van der Waals surface area contributed by atoms with Crippen molar-refractivity contribution >= 4 is 23.4 Å². The number of aliphatic hydroxyl groups is 1. The second kappa shape index (κ2) is 13.6. The zero-order chi connectivity index (χ0) is 21.6. The minimum Gasteiger partial charge on any atom is -0.392 e. The average Bonchev–Trinajstić information content (AvgIpc) is 2.70. The van der Waals surface area contributed by atoms with Crippen molar-refractivity contribution in [3.05, 3.63) is 29.8 Å². The van der Waals surface area contributed by atoms with E-state index >= 15 is 0 Å². The molecule has 0 saturated carbocycles. The van der Waals surface area contributed by atoms with Crippen molar-refractivity contribution in [1.82, 2.24) is 10.6 Å². The highest BCUT2D eigenvalue weighted by atomic mass is 16.5. The molecule has 9 heteroatoms. The van der Waals surface area contributed by atoms with Gasteiger partial charge >= 0.3 is 0 Å². The van der Waals surface area contributed by atoms with Crippen molar-refractivity contribution in [2.45, 2.75) is 32.9 Å². The Morgan fingerprint density at radius 2 is 1.72 bits per heavy atom. The van der Waals surface area contributed by atoms with E-state index in [0.29, 0.717) is 18.9 Å². The predicted molar refractivity (Wildman–Crippen MR) is 108 cm³/mol. The Morgan fingerprint density at radius 1 is 1.03 bits per heavy atom. The number of hydrogen-bond acceptors (Lipinski definition) is 6. The largest absolute Gasteiger partial charge is 0.392 e. The topological polar surface area (TPSA) is 126 Å². The Balaban J connectivity index is 2.42. The Labute approximate surface area is 171 Å². The lowest BCUT2D eigenvalue weighted by Gasteiger charge is -2.21. The summed E-state index contributed by atoms with van der Waals surface area (Å²) in [5.41, 5.74) is 1.29. The highest BCUT2D eigenvalue weighted by Crippen LogP contribution is 2.09. The van der Waals surface area contributed by atoms with Gasteiger partial charge in [0.15, 0.2) is 0 Å². The van der Waals surface area contributed by atoms with Gasteiger partial charge in [-0.25, -0.2) is 0 Å². The van der Waals surface area contributed by atoms with Gasteiger partial charge in [-0.3, -0.25) is 14.4 Å². The van der Waals surface area contributed by atoms with Gasteiger partial charge in [-0.15, -0.1) is 0 Å². The molecule has 0 spiro atoms. The molecule has 3 amide bonds. The first-order valence-corrected chi connectivity index (χ1v) is 9.50. The van der Waals surface area contributed by atoms with Crippen LogP contribution in [0.5, 0.6) is 0 Å². The summed E-state index contributed by atoms with van der Waals surface area (Å²) < 4.78 is 10.1. The van der Waals surface area contributed by atoms with Crippen LogP contribution >= 0.6 is 0 Å². The van der Waals surface area contributed by atoms with Crippen LogP contribution in [0.25, 0.3) is 0 Å². The molecule has 0 bridgehead atoms. The number of hydrogen-bond donors (Lipinski definition) is 4. The fourth-order valence-corrected chi connectivity index (χ4v) is 2.37. The highest BCUT2D eigenvalue weighted by molar-refractivity contribution is 5.96. The summed E-state index contributed by atoms with van der Waals surface area (Å²) in [6, 6.07) is 5.96. The lowest BCUT2D eigenvalue weighted by Crippen LogP contribution is -2.51. The van der Waals surface area contributed by atoms with Crippen molar-refractivity contribution in [2.24, 2.45) is 5.92 Å². The molecule has 29 heavy (non-hydrogen) atoms. The lowest BCUT2D eigenvalue weighted by atomic mass is 10.0. The molecule has 0 aliphatic heterocycles. The number of benzene rings is 1. The number of carbonyl (C=O) groups is 3. The molecule has 1 rings (SSSR count). The summed E-state index contributed by atoms with van der Waals surface area (Å²) in [5, 5.41) is 16.9. The molecule has 0 aliphatic rings. The van der Waals surface area contributed by atoms with Crippen molar-refractivity contribution in [1.29, 1.82) is 0 Å². The summed E-state index contributed by atoms with van der Waals surface area (Å²) in [6.45, 7) is 4.40. The lowest BCUT2D eigenvalue weighted by molar-refractivity contribution is -0.131. The van der Waals surface area contributed by atoms with Gasteiger partial charge in [-0.05, 0) is 23.6 Å². The van der Waals surface area contributed by atoms with Crippen molar-refractivity contribution in [3.63, 3.8) is 0 Å². The maximum atomic E-state index is 12.4.